The number of pyridine rings is 1. The number of hydrogen-bond acceptors (Lipinski definition) is 3. The average molecular weight is 310 g/mol. The van der Waals surface area contributed by atoms with Crippen molar-refractivity contribution < 1.29 is 9.18 Å². The summed E-state index contributed by atoms with van der Waals surface area (Å²) in [4.78, 5) is 15.7. The Bertz CT molecular complexity index is 688. The fourth-order valence-corrected chi connectivity index (χ4v) is 1.90. The maximum Gasteiger partial charge on any atom is 0.274 e. The van der Waals surface area contributed by atoms with Gasteiger partial charge >= 0.3 is 0 Å². The van der Waals surface area contributed by atoms with Crippen LogP contribution in [0.4, 0.5) is 10.1 Å². The molecule has 1 aromatic heterocycles. The normalized spacial score (nSPS) is 9.90. The van der Waals surface area contributed by atoms with Crippen molar-refractivity contribution in [3.8, 4) is 6.07 Å². The van der Waals surface area contributed by atoms with Crippen LogP contribution in [0.2, 0.25) is 10.0 Å². The summed E-state index contributed by atoms with van der Waals surface area (Å²) in [6.07, 6.45) is 1.28. The molecular weight excluding hydrogens is 304 g/mol. The van der Waals surface area contributed by atoms with Crippen molar-refractivity contribution in [1.82, 2.24) is 4.98 Å². The molecular formula is C13H6Cl2FN3O. The van der Waals surface area contributed by atoms with Crippen LogP contribution in [0.5, 0.6) is 0 Å². The predicted octanol–water partition coefficient (Wildman–Crippen LogP) is 3.65. The SMILES string of the molecule is N#Cc1ccc(C(=O)Nc2cc(Cl)c(F)c(Cl)c2)nc1. The van der Waals surface area contributed by atoms with Gasteiger partial charge < -0.3 is 5.32 Å². The van der Waals surface area contributed by atoms with Gasteiger partial charge in [0.15, 0.2) is 5.82 Å². The summed E-state index contributed by atoms with van der Waals surface area (Å²) in [5, 5.41) is 10.7. The smallest absolute Gasteiger partial charge is 0.274 e. The summed E-state index contributed by atoms with van der Waals surface area (Å²) in [6.45, 7) is 0. The molecule has 2 aromatic rings. The topological polar surface area (TPSA) is 65.8 Å². The number of rotatable bonds is 2. The molecule has 1 aromatic carbocycles. The van der Waals surface area contributed by atoms with Gasteiger partial charge in [0, 0.05) is 11.9 Å². The molecule has 1 N–H and O–H groups in total. The van der Waals surface area contributed by atoms with E-state index in [0.29, 0.717) is 5.56 Å². The zero-order chi connectivity index (χ0) is 14.7. The molecule has 7 heteroatoms. The highest BCUT2D eigenvalue weighted by molar-refractivity contribution is 6.35. The molecule has 0 unspecified atom stereocenters. The Labute approximate surface area is 123 Å². The number of anilines is 1. The van der Waals surface area contributed by atoms with Gasteiger partial charge in [0.05, 0.1) is 15.6 Å². The number of amides is 1. The van der Waals surface area contributed by atoms with E-state index in [4.69, 9.17) is 28.5 Å². The molecule has 0 radical (unpaired) electrons. The van der Waals surface area contributed by atoms with Crippen LogP contribution in [0.3, 0.4) is 0 Å². The molecule has 0 bridgehead atoms. The predicted molar refractivity (Wildman–Crippen MR) is 73.3 cm³/mol. The molecule has 1 amide bonds. The summed E-state index contributed by atoms with van der Waals surface area (Å²) >= 11 is 11.3. The lowest BCUT2D eigenvalue weighted by Crippen LogP contribution is -2.13. The number of benzene rings is 1. The van der Waals surface area contributed by atoms with Crippen LogP contribution in [0.1, 0.15) is 16.1 Å². The van der Waals surface area contributed by atoms with Crippen molar-refractivity contribution in [2.24, 2.45) is 0 Å². The quantitative estimate of drug-likeness (QED) is 0.861. The highest BCUT2D eigenvalue weighted by Crippen LogP contribution is 2.27. The first-order valence-electron chi connectivity index (χ1n) is 5.33. The number of hydrogen-bond donors (Lipinski definition) is 1. The second-order valence-electron chi connectivity index (χ2n) is 3.75. The highest BCUT2D eigenvalue weighted by atomic mass is 35.5. The minimum Gasteiger partial charge on any atom is -0.321 e. The van der Waals surface area contributed by atoms with Gasteiger partial charge in [-0.15, -0.1) is 0 Å². The van der Waals surface area contributed by atoms with E-state index in [2.05, 4.69) is 10.3 Å². The molecule has 0 fully saturated rings. The standard InChI is InChI=1S/C13H6Cl2FN3O/c14-9-3-8(4-10(15)12(9)16)19-13(20)11-2-1-7(5-17)6-18-11/h1-4,6H,(H,19,20). The van der Waals surface area contributed by atoms with Gasteiger partial charge in [-0.3, -0.25) is 4.79 Å². The molecule has 100 valence electrons. The Kier molecular flexibility index (Phi) is 4.18. The number of carbonyl (C=O) groups excluding carboxylic acids is 1. The van der Waals surface area contributed by atoms with E-state index in [1.54, 1.807) is 0 Å². The zero-order valence-electron chi connectivity index (χ0n) is 9.82. The number of nitriles is 1. The fraction of sp³-hybridized carbons (Fsp3) is 0. The molecule has 0 aliphatic carbocycles. The third kappa shape index (κ3) is 3.05. The zero-order valence-corrected chi connectivity index (χ0v) is 11.3. The van der Waals surface area contributed by atoms with E-state index in [-0.39, 0.29) is 21.4 Å². The Morgan fingerprint density at radius 3 is 2.45 bits per heavy atom. The minimum absolute atomic E-state index is 0.112. The van der Waals surface area contributed by atoms with Crippen LogP contribution in [0.15, 0.2) is 30.5 Å². The lowest BCUT2D eigenvalue weighted by molar-refractivity contribution is 0.102. The van der Waals surface area contributed by atoms with Gasteiger partial charge in [-0.1, -0.05) is 23.2 Å². The average Bonchev–Trinajstić information content (AvgIpc) is 2.44. The minimum atomic E-state index is -0.747. The Morgan fingerprint density at radius 1 is 1.30 bits per heavy atom. The molecule has 0 spiro atoms. The van der Waals surface area contributed by atoms with Crippen LogP contribution >= 0.6 is 23.2 Å². The first kappa shape index (κ1) is 14.3. The van der Waals surface area contributed by atoms with Gasteiger partial charge in [-0.2, -0.15) is 5.26 Å². The third-order valence-corrected chi connectivity index (χ3v) is 2.92. The summed E-state index contributed by atoms with van der Waals surface area (Å²) in [7, 11) is 0. The molecule has 0 aliphatic rings. The van der Waals surface area contributed by atoms with Crippen LogP contribution in [-0.2, 0) is 0 Å². The third-order valence-electron chi connectivity index (χ3n) is 2.37. The summed E-state index contributed by atoms with van der Waals surface area (Å²) < 4.78 is 13.2. The Balaban J connectivity index is 2.21. The van der Waals surface area contributed by atoms with Crippen LogP contribution < -0.4 is 5.32 Å². The van der Waals surface area contributed by atoms with Crippen molar-refractivity contribution in [2.45, 2.75) is 0 Å². The van der Waals surface area contributed by atoms with E-state index < -0.39 is 11.7 Å². The molecule has 2 rings (SSSR count). The molecule has 0 saturated heterocycles. The molecule has 0 aliphatic heterocycles. The highest BCUT2D eigenvalue weighted by Gasteiger charge is 2.11. The van der Waals surface area contributed by atoms with E-state index in [1.807, 2.05) is 6.07 Å². The number of halogens is 3. The van der Waals surface area contributed by atoms with Crippen LogP contribution in [0, 0.1) is 17.1 Å². The van der Waals surface area contributed by atoms with E-state index in [0.717, 1.165) is 0 Å². The van der Waals surface area contributed by atoms with Crippen molar-refractivity contribution in [3.05, 3.63) is 57.6 Å². The molecule has 4 nitrogen and oxygen atoms in total. The maximum atomic E-state index is 13.2. The van der Waals surface area contributed by atoms with Gasteiger partial charge in [0.2, 0.25) is 0 Å². The van der Waals surface area contributed by atoms with Crippen LogP contribution in [0.25, 0.3) is 0 Å². The molecule has 0 atom stereocenters. The second-order valence-corrected chi connectivity index (χ2v) is 4.57. The Hall–Kier alpha value is -2.16. The van der Waals surface area contributed by atoms with E-state index in [9.17, 15) is 9.18 Å². The molecule has 1 heterocycles. The van der Waals surface area contributed by atoms with Crippen molar-refractivity contribution in [1.29, 1.82) is 5.26 Å². The maximum absolute atomic E-state index is 13.2. The second kappa shape index (κ2) is 5.87. The van der Waals surface area contributed by atoms with Crippen molar-refractivity contribution >= 4 is 34.8 Å². The summed E-state index contributed by atoms with van der Waals surface area (Å²) in [5.41, 5.74) is 0.701. The van der Waals surface area contributed by atoms with Gasteiger partial charge in [-0.05, 0) is 24.3 Å². The summed E-state index contributed by atoms with van der Waals surface area (Å²) in [6, 6.07) is 7.24. The van der Waals surface area contributed by atoms with Crippen LogP contribution in [-0.4, -0.2) is 10.9 Å². The fourth-order valence-electron chi connectivity index (χ4n) is 1.42. The van der Waals surface area contributed by atoms with E-state index >= 15 is 0 Å². The number of nitrogens with one attached hydrogen (secondary N) is 1. The first-order chi connectivity index (χ1) is 9.51. The van der Waals surface area contributed by atoms with Crippen molar-refractivity contribution in [3.63, 3.8) is 0 Å². The number of carbonyl (C=O) groups is 1. The summed E-state index contributed by atoms with van der Waals surface area (Å²) in [5.74, 6) is -1.27. The lowest BCUT2D eigenvalue weighted by Gasteiger charge is -2.06. The van der Waals surface area contributed by atoms with E-state index in [1.165, 1.54) is 30.5 Å². The molecule has 0 saturated carbocycles. The first-order valence-corrected chi connectivity index (χ1v) is 6.09. The molecule has 20 heavy (non-hydrogen) atoms. The van der Waals surface area contributed by atoms with Gasteiger partial charge in [-0.25, -0.2) is 9.37 Å². The number of nitrogens with zero attached hydrogens (tertiary/aromatic N) is 2. The lowest BCUT2D eigenvalue weighted by atomic mass is 10.2. The largest absolute Gasteiger partial charge is 0.321 e. The number of aromatic nitrogens is 1. The van der Waals surface area contributed by atoms with Crippen molar-refractivity contribution in [2.75, 3.05) is 5.32 Å². The van der Waals surface area contributed by atoms with Gasteiger partial charge in [0.25, 0.3) is 5.91 Å². The Morgan fingerprint density at radius 2 is 1.95 bits per heavy atom. The monoisotopic (exact) mass is 309 g/mol. The van der Waals surface area contributed by atoms with Gasteiger partial charge in [0.1, 0.15) is 11.8 Å².